The molecule has 0 heterocycles. The number of aliphatic carboxylic acids is 1. The second-order valence-corrected chi connectivity index (χ2v) is 3.43. The van der Waals surface area contributed by atoms with Crippen molar-refractivity contribution in [3.63, 3.8) is 0 Å². The monoisotopic (exact) mass is 255 g/mol. The highest BCUT2D eigenvalue weighted by Crippen LogP contribution is 2.22. The first kappa shape index (κ1) is 13.8. The van der Waals surface area contributed by atoms with E-state index in [1.165, 1.54) is 25.3 Å². The Balaban J connectivity index is 2.93. The van der Waals surface area contributed by atoms with Gasteiger partial charge >= 0.3 is 5.97 Å². The number of hydrogen-bond donors (Lipinski definition) is 4. The van der Waals surface area contributed by atoms with Crippen LogP contribution in [0, 0.1) is 0 Å². The number of amides is 1. The number of nitrogens with one attached hydrogen (secondary N) is 1. The van der Waals surface area contributed by atoms with E-state index >= 15 is 0 Å². The molecule has 0 aliphatic heterocycles. The summed E-state index contributed by atoms with van der Waals surface area (Å²) in [6.07, 6.45) is 0. The van der Waals surface area contributed by atoms with Gasteiger partial charge in [-0.05, 0) is 18.2 Å². The van der Waals surface area contributed by atoms with Gasteiger partial charge in [0.1, 0.15) is 11.5 Å². The number of aromatic hydroxyl groups is 1. The van der Waals surface area contributed by atoms with Crippen molar-refractivity contribution in [3.05, 3.63) is 23.8 Å². The van der Waals surface area contributed by atoms with E-state index in [0.717, 1.165) is 0 Å². The normalized spacial score (nSPS) is 11.7. The highest BCUT2D eigenvalue weighted by atomic mass is 16.5. The molecule has 0 fully saturated rings. The predicted octanol–water partition coefficient (Wildman–Crippen LogP) is -0.424. The predicted molar refractivity (Wildman–Crippen MR) is 60.6 cm³/mol. The van der Waals surface area contributed by atoms with E-state index in [9.17, 15) is 14.7 Å². The van der Waals surface area contributed by atoms with E-state index < -0.39 is 24.5 Å². The number of methoxy groups -OCH3 is 1. The molecule has 0 radical (unpaired) electrons. The van der Waals surface area contributed by atoms with E-state index in [-0.39, 0.29) is 11.3 Å². The number of carbonyl (C=O) groups excluding carboxylic acids is 1. The summed E-state index contributed by atoms with van der Waals surface area (Å²) in [5.74, 6) is -2.15. The number of rotatable bonds is 5. The smallest absolute Gasteiger partial charge is 0.328 e. The van der Waals surface area contributed by atoms with Crippen molar-refractivity contribution in [1.82, 2.24) is 5.32 Å². The van der Waals surface area contributed by atoms with Crippen LogP contribution in [0.25, 0.3) is 0 Å². The summed E-state index contributed by atoms with van der Waals surface area (Å²) in [7, 11) is 1.39. The van der Waals surface area contributed by atoms with Gasteiger partial charge < -0.3 is 25.4 Å². The van der Waals surface area contributed by atoms with E-state index in [2.05, 4.69) is 5.32 Å². The molecule has 0 saturated heterocycles. The van der Waals surface area contributed by atoms with Crippen molar-refractivity contribution in [2.75, 3.05) is 13.7 Å². The van der Waals surface area contributed by atoms with Crippen LogP contribution >= 0.6 is 0 Å². The molecule has 0 bridgehead atoms. The standard InChI is InChI=1S/C11H13NO6/c1-18-6-2-3-9(14)7(4-6)10(15)12-8(5-13)11(16)17/h2-4,8,13-14H,5H2,1H3,(H,12,15)(H,16,17). The van der Waals surface area contributed by atoms with Gasteiger partial charge in [0, 0.05) is 0 Å². The molecule has 0 aromatic heterocycles. The third kappa shape index (κ3) is 3.11. The van der Waals surface area contributed by atoms with E-state index in [4.69, 9.17) is 14.9 Å². The number of carbonyl (C=O) groups is 2. The lowest BCUT2D eigenvalue weighted by Gasteiger charge is -2.12. The van der Waals surface area contributed by atoms with Gasteiger partial charge in [0.05, 0.1) is 19.3 Å². The molecule has 7 nitrogen and oxygen atoms in total. The van der Waals surface area contributed by atoms with Crippen molar-refractivity contribution < 1.29 is 29.6 Å². The summed E-state index contributed by atoms with van der Waals surface area (Å²) in [5.41, 5.74) is -0.131. The Bertz CT molecular complexity index is 459. The molecule has 1 rings (SSSR count). The van der Waals surface area contributed by atoms with Crippen LogP contribution in [-0.4, -0.2) is 47.0 Å². The van der Waals surface area contributed by atoms with Crippen LogP contribution in [0.15, 0.2) is 18.2 Å². The molecule has 4 N–H and O–H groups in total. The van der Waals surface area contributed by atoms with Crippen molar-refractivity contribution in [2.24, 2.45) is 0 Å². The number of aliphatic hydroxyl groups excluding tert-OH is 1. The average Bonchev–Trinajstić information content (AvgIpc) is 2.35. The lowest BCUT2D eigenvalue weighted by atomic mass is 10.1. The molecule has 0 spiro atoms. The summed E-state index contributed by atoms with van der Waals surface area (Å²) >= 11 is 0. The van der Waals surface area contributed by atoms with Gasteiger partial charge in [0.25, 0.3) is 5.91 Å². The molecule has 0 saturated carbocycles. The zero-order chi connectivity index (χ0) is 13.7. The lowest BCUT2D eigenvalue weighted by molar-refractivity contribution is -0.140. The molecule has 1 atom stereocenters. The van der Waals surface area contributed by atoms with Crippen molar-refractivity contribution >= 4 is 11.9 Å². The van der Waals surface area contributed by atoms with Gasteiger partial charge in [-0.1, -0.05) is 0 Å². The maximum atomic E-state index is 11.7. The van der Waals surface area contributed by atoms with Crippen molar-refractivity contribution in [1.29, 1.82) is 0 Å². The molecule has 7 heteroatoms. The Labute approximate surface area is 103 Å². The van der Waals surface area contributed by atoms with Crippen LogP contribution in [0.3, 0.4) is 0 Å². The van der Waals surface area contributed by atoms with Gasteiger partial charge in [0.15, 0.2) is 6.04 Å². The number of benzene rings is 1. The van der Waals surface area contributed by atoms with Crippen LogP contribution in [0.5, 0.6) is 11.5 Å². The van der Waals surface area contributed by atoms with Gasteiger partial charge in [0.2, 0.25) is 0 Å². The summed E-state index contributed by atoms with van der Waals surface area (Å²) in [6, 6.07) is 2.54. The van der Waals surface area contributed by atoms with Crippen molar-refractivity contribution in [3.8, 4) is 11.5 Å². The number of phenolic OH excluding ortho intramolecular Hbond substituents is 1. The summed E-state index contributed by atoms with van der Waals surface area (Å²) < 4.78 is 4.88. The van der Waals surface area contributed by atoms with E-state index in [0.29, 0.717) is 5.75 Å². The number of phenols is 1. The topological polar surface area (TPSA) is 116 Å². The largest absolute Gasteiger partial charge is 0.507 e. The molecule has 1 aromatic carbocycles. The number of aliphatic hydroxyl groups is 1. The fourth-order valence-electron chi connectivity index (χ4n) is 1.25. The minimum Gasteiger partial charge on any atom is -0.507 e. The zero-order valence-electron chi connectivity index (χ0n) is 9.58. The average molecular weight is 255 g/mol. The van der Waals surface area contributed by atoms with Gasteiger partial charge in [-0.25, -0.2) is 4.79 Å². The van der Waals surface area contributed by atoms with E-state index in [1.807, 2.05) is 0 Å². The SMILES string of the molecule is COc1ccc(O)c(C(=O)NC(CO)C(=O)O)c1. The quantitative estimate of drug-likeness (QED) is 0.567. The fourth-order valence-corrected chi connectivity index (χ4v) is 1.25. The summed E-state index contributed by atoms with van der Waals surface area (Å²) in [4.78, 5) is 22.3. The summed E-state index contributed by atoms with van der Waals surface area (Å²) in [6.45, 7) is -0.744. The first-order valence-electron chi connectivity index (χ1n) is 5.01. The molecule has 1 unspecified atom stereocenters. The molecule has 18 heavy (non-hydrogen) atoms. The zero-order valence-corrected chi connectivity index (χ0v) is 9.58. The van der Waals surface area contributed by atoms with Gasteiger partial charge in [-0.15, -0.1) is 0 Å². The second-order valence-electron chi connectivity index (χ2n) is 3.43. The number of carboxylic acids is 1. The molecular formula is C11H13NO6. The minimum absolute atomic E-state index is 0.131. The van der Waals surface area contributed by atoms with Crippen LogP contribution in [0.4, 0.5) is 0 Å². The van der Waals surface area contributed by atoms with Crippen LogP contribution in [0.2, 0.25) is 0 Å². The maximum Gasteiger partial charge on any atom is 0.328 e. The van der Waals surface area contributed by atoms with Gasteiger partial charge in [-0.3, -0.25) is 4.79 Å². The number of ether oxygens (including phenoxy) is 1. The molecule has 1 aromatic rings. The van der Waals surface area contributed by atoms with Crippen LogP contribution in [-0.2, 0) is 4.79 Å². The van der Waals surface area contributed by atoms with Crippen molar-refractivity contribution in [2.45, 2.75) is 6.04 Å². The first-order chi connectivity index (χ1) is 8.49. The Kier molecular flexibility index (Phi) is 4.50. The van der Waals surface area contributed by atoms with Gasteiger partial charge in [-0.2, -0.15) is 0 Å². The third-order valence-electron chi connectivity index (χ3n) is 2.23. The Morgan fingerprint density at radius 3 is 2.61 bits per heavy atom. The van der Waals surface area contributed by atoms with Crippen LogP contribution < -0.4 is 10.1 Å². The maximum absolute atomic E-state index is 11.7. The van der Waals surface area contributed by atoms with Crippen LogP contribution in [0.1, 0.15) is 10.4 Å². The molecule has 0 aliphatic carbocycles. The molecule has 0 aliphatic rings. The highest BCUT2D eigenvalue weighted by molar-refractivity contribution is 5.99. The number of hydrogen-bond acceptors (Lipinski definition) is 5. The summed E-state index contributed by atoms with van der Waals surface area (Å²) in [5, 5.41) is 29.0. The molecular weight excluding hydrogens is 242 g/mol. The Morgan fingerprint density at radius 2 is 2.11 bits per heavy atom. The first-order valence-corrected chi connectivity index (χ1v) is 5.01. The second kappa shape index (κ2) is 5.87. The fraction of sp³-hybridized carbons (Fsp3) is 0.273. The molecule has 98 valence electrons. The van der Waals surface area contributed by atoms with E-state index in [1.54, 1.807) is 0 Å². The lowest BCUT2D eigenvalue weighted by Crippen LogP contribution is -2.43. The highest BCUT2D eigenvalue weighted by Gasteiger charge is 2.21. The Morgan fingerprint density at radius 1 is 1.44 bits per heavy atom. The molecule has 1 amide bonds. The number of carboxylic acid groups (broad SMARTS) is 1. The minimum atomic E-state index is -1.43. The third-order valence-corrected chi connectivity index (χ3v) is 2.23. The Hall–Kier alpha value is -2.28.